The highest BCUT2D eigenvalue weighted by molar-refractivity contribution is 7.14. The number of thiazole rings is 1. The minimum Gasteiger partial charge on any atom is -0.359 e. The summed E-state index contributed by atoms with van der Waals surface area (Å²) in [7, 11) is 0. The zero-order valence-corrected chi connectivity index (χ0v) is 11.0. The zero-order chi connectivity index (χ0) is 11.1. The van der Waals surface area contributed by atoms with E-state index in [-0.39, 0.29) is 0 Å². The lowest BCUT2D eigenvalue weighted by Crippen LogP contribution is -1.99. The van der Waals surface area contributed by atoms with Crippen LogP contribution in [0.4, 0.5) is 5.13 Å². The SMILES string of the molecule is Cc1cc(-c2csc(NC3CC3)n2)c(C)s1. The van der Waals surface area contributed by atoms with Crippen LogP contribution in [0.15, 0.2) is 11.4 Å². The van der Waals surface area contributed by atoms with Gasteiger partial charge in [-0.25, -0.2) is 4.98 Å². The number of aromatic nitrogens is 1. The maximum Gasteiger partial charge on any atom is 0.183 e. The topological polar surface area (TPSA) is 24.9 Å². The molecule has 0 radical (unpaired) electrons. The van der Waals surface area contributed by atoms with Crippen molar-refractivity contribution in [3.05, 3.63) is 21.2 Å². The van der Waals surface area contributed by atoms with Gasteiger partial charge in [0.2, 0.25) is 0 Å². The van der Waals surface area contributed by atoms with E-state index in [4.69, 9.17) is 0 Å². The van der Waals surface area contributed by atoms with E-state index in [0.29, 0.717) is 6.04 Å². The molecule has 0 aromatic carbocycles. The van der Waals surface area contributed by atoms with E-state index in [9.17, 15) is 0 Å². The Bertz CT molecular complexity index is 509. The molecule has 84 valence electrons. The predicted molar refractivity (Wildman–Crippen MR) is 71.5 cm³/mol. The number of hydrogen-bond acceptors (Lipinski definition) is 4. The molecule has 1 aliphatic carbocycles. The summed E-state index contributed by atoms with van der Waals surface area (Å²) in [6, 6.07) is 2.92. The second-order valence-corrected chi connectivity index (χ2v) is 6.60. The molecule has 2 heterocycles. The highest BCUT2D eigenvalue weighted by Crippen LogP contribution is 2.34. The summed E-state index contributed by atoms with van der Waals surface area (Å²) in [5.41, 5.74) is 2.41. The second-order valence-electron chi connectivity index (χ2n) is 4.28. The van der Waals surface area contributed by atoms with E-state index >= 15 is 0 Å². The van der Waals surface area contributed by atoms with Crippen molar-refractivity contribution in [1.82, 2.24) is 4.98 Å². The third kappa shape index (κ3) is 1.99. The average molecular weight is 250 g/mol. The van der Waals surface area contributed by atoms with Gasteiger partial charge in [-0.2, -0.15) is 0 Å². The molecular formula is C12H14N2S2. The molecule has 0 bridgehead atoms. The highest BCUT2D eigenvalue weighted by Gasteiger charge is 2.22. The first-order valence-corrected chi connectivity index (χ1v) is 7.21. The number of hydrogen-bond donors (Lipinski definition) is 1. The molecule has 0 spiro atoms. The summed E-state index contributed by atoms with van der Waals surface area (Å²) in [5.74, 6) is 0. The molecule has 1 fully saturated rings. The van der Waals surface area contributed by atoms with Crippen molar-refractivity contribution in [3.63, 3.8) is 0 Å². The third-order valence-corrected chi connectivity index (χ3v) is 4.47. The van der Waals surface area contributed by atoms with Crippen LogP contribution in [0, 0.1) is 13.8 Å². The predicted octanol–water partition coefficient (Wildman–Crippen LogP) is 4.06. The van der Waals surface area contributed by atoms with Gasteiger partial charge < -0.3 is 5.32 Å². The third-order valence-electron chi connectivity index (χ3n) is 2.73. The van der Waals surface area contributed by atoms with Gasteiger partial charge in [0.15, 0.2) is 5.13 Å². The lowest BCUT2D eigenvalue weighted by atomic mass is 10.2. The van der Waals surface area contributed by atoms with Crippen molar-refractivity contribution in [3.8, 4) is 11.3 Å². The smallest absolute Gasteiger partial charge is 0.183 e. The minimum atomic E-state index is 0.685. The number of aryl methyl sites for hydroxylation is 2. The van der Waals surface area contributed by atoms with E-state index in [1.165, 1.54) is 28.2 Å². The van der Waals surface area contributed by atoms with Gasteiger partial charge in [-0.3, -0.25) is 0 Å². The van der Waals surface area contributed by atoms with Crippen LogP contribution in [0.1, 0.15) is 22.6 Å². The van der Waals surface area contributed by atoms with Crippen molar-refractivity contribution >= 4 is 27.8 Å². The average Bonchev–Trinajstić information content (AvgIpc) is 2.80. The van der Waals surface area contributed by atoms with Crippen molar-refractivity contribution in [2.75, 3.05) is 5.32 Å². The molecular weight excluding hydrogens is 236 g/mol. The fourth-order valence-electron chi connectivity index (χ4n) is 1.75. The fourth-order valence-corrected chi connectivity index (χ4v) is 3.47. The van der Waals surface area contributed by atoms with Crippen molar-refractivity contribution < 1.29 is 0 Å². The quantitative estimate of drug-likeness (QED) is 0.888. The lowest BCUT2D eigenvalue weighted by molar-refractivity contribution is 1.14. The molecule has 2 nitrogen and oxygen atoms in total. The first-order valence-electron chi connectivity index (χ1n) is 5.52. The molecule has 0 atom stereocenters. The fraction of sp³-hybridized carbons (Fsp3) is 0.417. The van der Waals surface area contributed by atoms with Gasteiger partial charge in [-0.15, -0.1) is 22.7 Å². The van der Waals surface area contributed by atoms with Gasteiger partial charge in [0.1, 0.15) is 0 Å². The molecule has 1 aliphatic rings. The summed E-state index contributed by atoms with van der Waals surface area (Å²) in [6.07, 6.45) is 2.59. The summed E-state index contributed by atoms with van der Waals surface area (Å²) >= 11 is 3.56. The van der Waals surface area contributed by atoms with Gasteiger partial charge in [0.05, 0.1) is 5.69 Å². The van der Waals surface area contributed by atoms with Crippen LogP contribution in [0.3, 0.4) is 0 Å². The van der Waals surface area contributed by atoms with Crippen LogP contribution in [-0.2, 0) is 0 Å². The first-order chi connectivity index (χ1) is 7.72. The molecule has 4 heteroatoms. The Hall–Kier alpha value is -0.870. The second kappa shape index (κ2) is 3.86. The normalized spacial score (nSPS) is 15.4. The van der Waals surface area contributed by atoms with Gasteiger partial charge in [-0.1, -0.05) is 0 Å². The Kier molecular flexibility index (Phi) is 2.48. The number of nitrogens with zero attached hydrogens (tertiary/aromatic N) is 1. The summed E-state index contributed by atoms with van der Waals surface area (Å²) < 4.78 is 0. The molecule has 1 saturated carbocycles. The van der Waals surface area contributed by atoms with E-state index in [1.54, 1.807) is 11.3 Å². The number of thiophene rings is 1. The van der Waals surface area contributed by atoms with Gasteiger partial charge >= 0.3 is 0 Å². The molecule has 16 heavy (non-hydrogen) atoms. The van der Waals surface area contributed by atoms with Crippen molar-refractivity contribution in [1.29, 1.82) is 0 Å². The molecule has 1 N–H and O–H groups in total. The van der Waals surface area contributed by atoms with Crippen LogP contribution in [0.5, 0.6) is 0 Å². The maximum atomic E-state index is 4.65. The van der Waals surface area contributed by atoms with E-state index in [2.05, 4.69) is 35.6 Å². The summed E-state index contributed by atoms with van der Waals surface area (Å²) in [4.78, 5) is 7.37. The lowest BCUT2D eigenvalue weighted by Gasteiger charge is -1.96. The molecule has 0 unspecified atom stereocenters. The Morgan fingerprint density at radius 3 is 2.81 bits per heavy atom. The van der Waals surface area contributed by atoms with Crippen LogP contribution >= 0.6 is 22.7 Å². The zero-order valence-electron chi connectivity index (χ0n) is 9.41. The van der Waals surface area contributed by atoms with E-state index in [0.717, 1.165) is 10.8 Å². The highest BCUT2D eigenvalue weighted by atomic mass is 32.1. The van der Waals surface area contributed by atoms with E-state index in [1.807, 2.05) is 11.3 Å². The van der Waals surface area contributed by atoms with Crippen LogP contribution < -0.4 is 5.32 Å². The Balaban J connectivity index is 1.87. The maximum absolute atomic E-state index is 4.65. The first kappa shape index (κ1) is 10.3. The van der Waals surface area contributed by atoms with E-state index < -0.39 is 0 Å². The molecule has 0 aliphatic heterocycles. The largest absolute Gasteiger partial charge is 0.359 e. The van der Waals surface area contributed by atoms with Gasteiger partial charge in [0.25, 0.3) is 0 Å². The van der Waals surface area contributed by atoms with Crippen LogP contribution in [0.25, 0.3) is 11.3 Å². The standard InChI is InChI=1S/C12H14N2S2/c1-7-5-10(8(2)16-7)11-6-15-12(14-11)13-9-3-4-9/h5-6,9H,3-4H2,1-2H3,(H,13,14). The van der Waals surface area contributed by atoms with Crippen LogP contribution in [-0.4, -0.2) is 11.0 Å². The summed E-state index contributed by atoms with van der Waals surface area (Å²) in [6.45, 7) is 4.32. The number of anilines is 1. The Morgan fingerprint density at radius 1 is 1.38 bits per heavy atom. The molecule has 2 aromatic rings. The minimum absolute atomic E-state index is 0.685. The monoisotopic (exact) mass is 250 g/mol. The number of rotatable bonds is 3. The van der Waals surface area contributed by atoms with Crippen molar-refractivity contribution in [2.24, 2.45) is 0 Å². The Labute approximate surface area is 103 Å². The van der Waals surface area contributed by atoms with Crippen LogP contribution in [0.2, 0.25) is 0 Å². The van der Waals surface area contributed by atoms with Gasteiger partial charge in [0, 0.05) is 26.7 Å². The molecule has 3 rings (SSSR count). The molecule has 2 aromatic heterocycles. The molecule has 0 amide bonds. The number of nitrogens with one attached hydrogen (secondary N) is 1. The Morgan fingerprint density at radius 2 is 2.19 bits per heavy atom. The summed E-state index contributed by atoms with van der Waals surface area (Å²) in [5, 5.41) is 6.67. The molecule has 0 saturated heterocycles. The van der Waals surface area contributed by atoms with Crippen molar-refractivity contribution in [2.45, 2.75) is 32.7 Å². The van der Waals surface area contributed by atoms with Gasteiger partial charge in [-0.05, 0) is 32.8 Å².